The molecule has 3 aliphatic rings. The second kappa shape index (κ2) is 8.76. The number of aliphatic carboxylic acids is 1. The lowest BCUT2D eigenvalue weighted by Gasteiger charge is -2.21. The Morgan fingerprint density at radius 1 is 1.06 bits per heavy atom. The van der Waals surface area contributed by atoms with Gasteiger partial charge in [0.15, 0.2) is 6.04 Å². The van der Waals surface area contributed by atoms with Crippen molar-refractivity contribution in [1.29, 1.82) is 0 Å². The lowest BCUT2D eigenvalue weighted by molar-refractivity contribution is -0.144. The summed E-state index contributed by atoms with van der Waals surface area (Å²) in [7, 11) is 1.39. The highest BCUT2D eigenvalue weighted by atomic mass is 16.5. The summed E-state index contributed by atoms with van der Waals surface area (Å²) in [5, 5.41) is 14.8. The van der Waals surface area contributed by atoms with Gasteiger partial charge in [-0.05, 0) is 47.4 Å². The van der Waals surface area contributed by atoms with Crippen molar-refractivity contribution in [1.82, 2.24) is 10.6 Å². The van der Waals surface area contributed by atoms with Crippen molar-refractivity contribution in [3.63, 3.8) is 0 Å². The molecular formula is C26H28N2O6. The molecule has 0 aromatic heterocycles. The average Bonchev–Trinajstić information content (AvgIpc) is 3.25. The van der Waals surface area contributed by atoms with Gasteiger partial charge in [-0.25, -0.2) is 9.59 Å². The van der Waals surface area contributed by atoms with Gasteiger partial charge < -0.3 is 25.2 Å². The van der Waals surface area contributed by atoms with E-state index in [1.165, 1.54) is 18.2 Å². The molecule has 4 atom stereocenters. The fraction of sp³-hybridized carbons (Fsp3) is 0.423. The molecular weight excluding hydrogens is 436 g/mol. The summed E-state index contributed by atoms with van der Waals surface area (Å²) in [6, 6.07) is 15.1. The van der Waals surface area contributed by atoms with E-state index in [2.05, 4.69) is 34.9 Å². The lowest BCUT2D eigenvalue weighted by atomic mass is 9.98. The van der Waals surface area contributed by atoms with Crippen LogP contribution < -0.4 is 10.6 Å². The van der Waals surface area contributed by atoms with Crippen LogP contribution in [0.2, 0.25) is 0 Å². The van der Waals surface area contributed by atoms with Crippen LogP contribution in [-0.4, -0.2) is 55.5 Å². The zero-order valence-corrected chi connectivity index (χ0v) is 19.0. The Hall–Kier alpha value is -3.39. The van der Waals surface area contributed by atoms with E-state index in [9.17, 15) is 19.5 Å². The van der Waals surface area contributed by atoms with E-state index in [1.807, 2.05) is 24.3 Å². The number of fused-ring (bicyclic) bond motifs is 4. The molecule has 0 aliphatic heterocycles. The van der Waals surface area contributed by atoms with E-state index < -0.39 is 23.5 Å². The Morgan fingerprint density at radius 2 is 1.71 bits per heavy atom. The number of methoxy groups -OCH3 is 1. The van der Waals surface area contributed by atoms with Crippen LogP contribution in [0.5, 0.6) is 0 Å². The van der Waals surface area contributed by atoms with Crippen LogP contribution in [-0.2, 0) is 19.1 Å². The maximum atomic E-state index is 12.8. The van der Waals surface area contributed by atoms with Crippen LogP contribution in [0.15, 0.2) is 48.5 Å². The van der Waals surface area contributed by atoms with Gasteiger partial charge in [0.05, 0.1) is 12.0 Å². The molecule has 8 heteroatoms. The third kappa shape index (κ3) is 3.92. The molecule has 0 radical (unpaired) electrons. The summed E-state index contributed by atoms with van der Waals surface area (Å²) in [6.45, 7) is 0.141. The minimum absolute atomic E-state index is 0.0130. The number of carboxylic acids is 1. The Kier molecular flexibility index (Phi) is 5.77. The summed E-state index contributed by atoms with van der Waals surface area (Å²) in [5.74, 6) is -1.28. The molecule has 3 N–H and O–H groups in total. The van der Waals surface area contributed by atoms with Gasteiger partial charge in [-0.2, -0.15) is 0 Å². The standard InChI is InChI=1S/C26H28N2O6/c1-33-14-22(23(29)30)28-24(31)26-11-15(26)10-16(12-26)27-25(32)34-13-21-19-8-4-2-6-17(19)18-7-3-5-9-20(18)21/h2-9,15-16,21-22H,10-14H2,1H3,(H,27,32)(H,28,31)(H,29,30)/t15-,16+,22+,26+/m1/s1. The zero-order valence-electron chi connectivity index (χ0n) is 19.0. The quantitative estimate of drug-likeness (QED) is 0.554. The highest BCUT2D eigenvalue weighted by Crippen LogP contribution is 2.63. The Bertz CT molecular complexity index is 1090. The normalized spacial score (nSPS) is 25.0. The molecule has 2 saturated carbocycles. The van der Waals surface area contributed by atoms with Crippen molar-refractivity contribution in [3.05, 3.63) is 59.7 Å². The van der Waals surface area contributed by atoms with Crippen LogP contribution in [0.1, 0.15) is 36.3 Å². The van der Waals surface area contributed by atoms with Crippen LogP contribution >= 0.6 is 0 Å². The highest BCUT2D eigenvalue weighted by molar-refractivity contribution is 5.90. The number of benzene rings is 2. The van der Waals surface area contributed by atoms with Gasteiger partial charge in [-0.3, -0.25) is 4.79 Å². The topological polar surface area (TPSA) is 114 Å². The molecule has 178 valence electrons. The van der Waals surface area contributed by atoms with Gasteiger partial charge in [0.25, 0.3) is 0 Å². The number of rotatable bonds is 8. The molecule has 34 heavy (non-hydrogen) atoms. The average molecular weight is 465 g/mol. The molecule has 8 nitrogen and oxygen atoms in total. The van der Waals surface area contributed by atoms with Gasteiger partial charge in [-0.15, -0.1) is 0 Å². The summed E-state index contributed by atoms with van der Waals surface area (Å²) in [4.78, 5) is 36.7. The van der Waals surface area contributed by atoms with E-state index in [0.29, 0.717) is 19.3 Å². The largest absolute Gasteiger partial charge is 0.480 e. The van der Waals surface area contributed by atoms with E-state index in [0.717, 1.165) is 11.1 Å². The zero-order chi connectivity index (χ0) is 23.9. The molecule has 2 amide bonds. The van der Waals surface area contributed by atoms with Gasteiger partial charge in [0.1, 0.15) is 6.61 Å². The first kappa shape index (κ1) is 22.4. The summed E-state index contributed by atoms with van der Waals surface area (Å²) < 4.78 is 10.5. The van der Waals surface area contributed by atoms with Gasteiger partial charge in [0.2, 0.25) is 5.91 Å². The number of hydrogen-bond donors (Lipinski definition) is 3. The van der Waals surface area contributed by atoms with Crippen LogP contribution in [0.3, 0.4) is 0 Å². The first-order chi connectivity index (χ1) is 16.4. The Morgan fingerprint density at radius 3 is 2.32 bits per heavy atom. The molecule has 5 rings (SSSR count). The Labute approximate surface area is 197 Å². The van der Waals surface area contributed by atoms with Crippen molar-refractivity contribution >= 4 is 18.0 Å². The summed E-state index contributed by atoms with van der Waals surface area (Å²) >= 11 is 0. The van der Waals surface area contributed by atoms with E-state index >= 15 is 0 Å². The maximum Gasteiger partial charge on any atom is 0.407 e. The first-order valence-electron chi connectivity index (χ1n) is 11.6. The van der Waals surface area contributed by atoms with Crippen molar-refractivity contribution in [2.75, 3.05) is 20.3 Å². The number of carbonyl (C=O) groups excluding carboxylic acids is 2. The predicted molar refractivity (Wildman–Crippen MR) is 123 cm³/mol. The highest BCUT2D eigenvalue weighted by Gasteiger charge is 2.65. The third-order valence-corrected chi connectivity index (χ3v) is 7.47. The van der Waals surface area contributed by atoms with Gasteiger partial charge in [-0.1, -0.05) is 48.5 Å². The molecule has 0 unspecified atom stereocenters. The number of amides is 2. The van der Waals surface area contributed by atoms with E-state index in [4.69, 9.17) is 9.47 Å². The lowest BCUT2D eigenvalue weighted by Crippen LogP contribution is -2.47. The molecule has 3 aliphatic carbocycles. The molecule has 0 spiro atoms. The minimum atomic E-state index is -1.13. The summed E-state index contributed by atoms with van der Waals surface area (Å²) in [6.07, 6.45) is 1.37. The molecule has 2 fully saturated rings. The molecule has 0 saturated heterocycles. The Balaban J connectivity index is 1.17. The number of carboxylic acid groups (broad SMARTS) is 1. The molecule has 2 aromatic rings. The number of ether oxygens (including phenoxy) is 2. The smallest absolute Gasteiger partial charge is 0.407 e. The van der Waals surface area contributed by atoms with Crippen LogP contribution in [0, 0.1) is 11.3 Å². The van der Waals surface area contributed by atoms with Crippen LogP contribution in [0.25, 0.3) is 11.1 Å². The SMILES string of the molecule is COC[C@H](NC(=O)[C@@]12C[C@@H](NC(=O)OCC3c4ccccc4-c4ccccc43)C[C@@H]1C2)C(=O)O. The number of nitrogens with one attached hydrogen (secondary N) is 2. The number of carbonyl (C=O) groups is 3. The van der Waals surface area contributed by atoms with Crippen LogP contribution in [0.4, 0.5) is 4.79 Å². The second-order valence-electron chi connectivity index (χ2n) is 9.48. The van der Waals surface area contributed by atoms with E-state index in [-0.39, 0.29) is 37.0 Å². The molecule has 0 heterocycles. The van der Waals surface area contributed by atoms with Crippen molar-refractivity contribution in [2.45, 2.75) is 37.3 Å². The van der Waals surface area contributed by atoms with Gasteiger partial charge >= 0.3 is 12.1 Å². The predicted octanol–water partition coefficient (Wildman–Crippen LogP) is 2.91. The van der Waals surface area contributed by atoms with Crippen molar-refractivity contribution in [3.8, 4) is 11.1 Å². The monoisotopic (exact) mass is 464 g/mol. The number of alkyl carbamates (subject to hydrolysis) is 1. The fourth-order valence-corrected chi connectivity index (χ4v) is 5.74. The van der Waals surface area contributed by atoms with Gasteiger partial charge in [0, 0.05) is 19.1 Å². The number of hydrogen-bond acceptors (Lipinski definition) is 5. The van der Waals surface area contributed by atoms with E-state index in [1.54, 1.807) is 0 Å². The second-order valence-corrected chi connectivity index (χ2v) is 9.48. The fourth-order valence-electron chi connectivity index (χ4n) is 5.74. The molecule has 0 bridgehead atoms. The third-order valence-electron chi connectivity index (χ3n) is 7.47. The van der Waals surface area contributed by atoms with Crippen molar-refractivity contribution in [2.24, 2.45) is 11.3 Å². The summed E-state index contributed by atoms with van der Waals surface area (Å²) in [5.41, 5.74) is 4.03. The maximum absolute atomic E-state index is 12.8. The molecule has 2 aromatic carbocycles. The minimum Gasteiger partial charge on any atom is -0.480 e. The van der Waals surface area contributed by atoms with Crippen molar-refractivity contribution < 1.29 is 29.0 Å². The first-order valence-corrected chi connectivity index (χ1v) is 11.6.